The van der Waals surface area contributed by atoms with Crippen molar-refractivity contribution >= 4 is 45.3 Å². The molecule has 4 aromatic rings. The number of aliphatic hydroxyl groups excluding tert-OH is 1. The van der Waals surface area contributed by atoms with Crippen molar-refractivity contribution < 1.29 is 29.3 Å². The van der Waals surface area contributed by atoms with Gasteiger partial charge in [0.1, 0.15) is 11.3 Å². The van der Waals surface area contributed by atoms with E-state index in [2.05, 4.69) is 9.97 Å². The number of aliphatic hydroxyl groups is 1. The van der Waals surface area contributed by atoms with Gasteiger partial charge in [0.05, 0.1) is 35.0 Å². The minimum absolute atomic E-state index is 0.118. The SMILES string of the molecule is COc1cc(C2C(=C(O)c3nc4c(C)cccn4c3C)C(=O)C(=O)N2c2nc(C)c(C(C)=O)s2)ccc1O. The van der Waals surface area contributed by atoms with Crippen molar-refractivity contribution in [1.82, 2.24) is 14.4 Å². The van der Waals surface area contributed by atoms with Crippen molar-refractivity contribution in [1.29, 1.82) is 0 Å². The maximum atomic E-state index is 13.5. The van der Waals surface area contributed by atoms with Crippen LogP contribution < -0.4 is 9.64 Å². The Morgan fingerprint density at radius 1 is 1.13 bits per heavy atom. The number of phenolic OH excluding ortho intramolecular Hbond substituents is 1. The Bertz CT molecular complexity index is 1700. The number of thiazole rings is 1. The number of aromatic hydroxyl groups is 1. The summed E-state index contributed by atoms with van der Waals surface area (Å²) in [5.41, 5.74) is 2.83. The molecule has 1 saturated heterocycles. The van der Waals surface area contributed by atoms with E-state index in [1.807, 2.05) is 19.1 Å². The Morgan fingerprint density at radius 3 is 2.50 bits per heavy atom. The molecule has 5 rings (SSSR count). The fourth-order valence-corrected chi connectivity index (χ4v) is 5.68. The zero-order valence-corrected chi connectivity index (χ0v) is 22.1. The van der Waals surface area contributed by atoms with Crippen LogP contribution in [0.1, 0.15) is 50.8 Å². The highest BCUT2D eigenvalue weighted by Gasteiger charge is 2.49. The number of ether oxygens (including phenoxy) is 1. The molecule has 3 aromatic heterocycles. The van der Waals surface area contributed by atoms with Gasteiger partial charge in [0.15, 0.2) is 28.2 Å². The van der Waals surface area contributed by atoms with Gasteiger partial charge in [0.2, 0.25) is 0 Å². The molecule has 0 radical (unpaired) electrons. The summed E-state index contributed by atoms with van der Waals surface area (Å²) in [4.78, 5) is 49.6. The summed E-state index contributed by atoms with van der Waals surface area (Å²) in [6.45, 7) is 6.68. The van der Waals surface area contributed by atoms with E-state index in [0.717, 1.165) is 16.9 Å². The Morgan fingerprint density at radius 2 is 1.87 bits per heavy atom. The number of aryl methyl sites for hydroxylation is 3. The van der Waals surface area contributed by atoms with Gasteiger partial charge in [-0.3, -0.25) is 19.3 Å². The highest BCUT2D eigenvalue weighted by molar-refractivity contribution is 7.18. The number of ketones is 2. The van der Waals surface area contributed by atoms with E-state index >= 15 is 0 Å². The average Bonchev–Trinajstić information content (AvgIpc) is 3.52. The van der Waals surface area contributed by atoms with Crippen LogP contribution in [-0.2, 0) is 9.59 Å². The van der Waals surface area contributed by atoms with E-state index in [1.54, 1.807) is 24.4 Å². The van der Waals surface area contributed by atoms with Gasteiger partial charge >= 0.3 is 5.91 Å². The smallest absolute Gasteiger partial charge is 0.301 e. The number of hydrogen-bond donors (Lipinski definition) is 2. The quantitative estimate of drug-likeness (QED) is 0.169. The zero-order chi connectivity index (χ0) is 27.5. The first-order chi connectivity index (χ1) is 18.0. The van der Waals surface area contributed by atoms with Gasteiger partial charge in [-0.25, -0.2) is 9.97 Å². The van der Waals surface area contributed by atoms with Crippen molar-refractivity contribution in [3.63, 3.8) is 0 Å². The van der Waals surface area contributed by atoms with Crippen LogP contribution in [0.4, 0.5) is 5.13 Å². The molecule has 2 N–H and O–H groups in total. The molecule has 1 atom stereocenters. The minimum atomic E-state index is -1.12. The molecule has 194 valence electrons. The maximum absolute atomic E-state index is 13.5. The normalized spacial score (nSPS) is 17.0. The minimum Gasteiger partial charge on any atom is -0.505 e. The summed E-state index contributed by atoms with van der Waals surface area (Å²) in [6, 6.07) is 6.99. The molecule has 1 aliphatic rings. The van der Waals surface area contributed by atoms with Gasteiger partial charge in [-0.15, -0.1) is 0 Å². The monoisotopic (exact) mass is 532 g/mol. The van der Waals surface area contributed by atoms with Gasteiger partial charge in [-0.1, -0.05) is 23.5 Å². The van der Waals surface area contributed by atoms with Crippen LogP contribution in [0.2, 0.25) is 0 Å². The number of benzene rings is 1. The third-order valence-electron chi connectivity index (χ3n) is 6.58. The van der Waals surface area contributed by atoms with Gasteiger partial charge in [0.25, 0.3) is 5.78 Å². The molecule has 1 fully saturated rings. The van der Waals surface area contributed by atoms with Crippen LogP contribution in [-0.4, -0.2) is 49.2 Å². The molecule has 4 heterocycles. The molecule has 0 bridgehead atoms. The van der Waals surface area contributed by atoms with Crippen LogP contribution in [0, 0.1) is 20.8 Å². The molecule has 0 spiro atoms. The lowest BCUT2D eigenvalue weighted by Crippen LogP contribution is -2.29. The Hall–Kier alpha value is -4.51. The van der Waals surface area contributed by atoms with Gasteiger partial charge in [-0.2, -0.15) is 0 Å². The van der Waals surface area contributed by atoms with E-state index in [4.69, 9.17) is 4.74 Å². The Labute approximate surface area is 221 Å². The molecule has 1 amide bonds. The number of amides is 1. The molecule has 0 aliphatic carbocycles. The second-order valence-corrected chi connectivity index (χ2v) is 9.98. The van der Waals surface area contributed by atoms with E-state index in [1.165, 1.54) is 37.1 Å². The zero-order valence-electron chi connectivity index (χ0n) is 21.3. The first-order valence-corrected chi connectivity index (χ1v) is 12.5. The van der Waals surface area contributed by atoms with E-state index in [-0.39, 0.29) is 33.7 Å². The highest BCUT2D eigenvalue weighted by Crippen LogP contribution is 2.45. The molecule has 1 aromatic carbocycles. The fourth-order valence-electron chi connectivity index (χ4n) is 4.70. The number of Topliss-reactive ketones (excluding diaryl/α,β-unsaturated/α-hetero) is 2. The van der Waals surface area contributed by atoms with Crippen LogP contribution in [0.3, 0.4) is 0 Å². The molecule has 38 heavy (non-hydrogen) atoms. The lowest BCUT2D eigenvalue weighted by molar-refractivity contribution is -0.132. The summed E-state index contributed by atoms with van der Waals surface area (Å²) in [5.74, 6) is -2.52. The number of imidazole rings is 1. The van der Waals surface area contributed by atoms with E-state index in [9.17, 15) is 24.6 Å². The number of fused-ring (bicyclic) bond motifs is 1. The van der Waals surface area contributed by atoms with Crippen molar-refractivity contribution in [2.45, 2.75) is 33.7 Å². The first kappa shape index (κ1) is 25.2. The van der Waals surface area contributed by atoms with Crippen molar-refractivity contribution in [2.24, 2.45) is 0 Å². The molecule has 11 heteroatoms. The summed E-state index contributed by atoms with van der Waals surface area (Å²) in [6.07, 6.45) is 1.80. The lowest BCUT2D eigenvalue weighted by atomic mass is 9.96. The largest absolute Gasteiger partial charge is 0.505 e. The van der Waals surface area contributed by atoms with Crippen LogP contribution >= 0.6 is 11.3 Å². The number of carbonyl (C=O) groups excluding carboxylic acids is 3. The Kier molecular flexibility index (Phi) is 6.03. The molecule has 1 aliphatic heterocycles. The second-order valence-electron chi connectivity index (χ2n) is 9.00. The standard InChI is InChI=1S/C27H24N4O6S/c1-12-7-6-10-30-14(3)20(29-25(12)30)22(34)19-21(16-8-9-17(33)18(11-16)37-5)31(26(36)23(19)35)27-28-13(2)24(38-27)15(4)32/h6-11,21,33-34H,1-5H3. The Balaban J connectivity index is 1.79. The summed E-state index contributed by atoms with van der Waals surface area (Å²) >= 11 is 0.988. The predicted molar refractivity (Wildman–Crippen MR) is 141 cm³/mol. The number of hydrogen-bond acceptors (Lipinski definition) is 9. The number of carbonyl (C=O) groups is 3. The van der Waals surface area contributed by atoms with Crippen molar-refractivity contribution in [3.05, 3.63) is 75.2 Å². The van der Waals surface area contributed by atoms with Gasteiger partial charge < -0.3 is 19.4 Å². The van der Waals surface area contributed by atoms with Crippen LogP contribution in [0.5, 0.6) is 11.5 Å². The van der Waals surface area contributed by atoms with Crippen LogP contribution in [0.15, 0.2) is 42.1 Å². The van der Waals surface area contributed by atoms with Gasteiger partial charge in [0, 0.05) is 13.1 Å². The molecular formula is C27H24N4O6S. The second kappa shape index (κ2) is 9.10. The molecule has 0 saturated carbocycles. The number of methoxy groups -OCH3 is 1. The maximum Gasteiger partial charge on any atom is 0.301 e. The van der Waals surface area contributed by atoms with E-state index in [0.29, 0.717) is 27.5 Å². The highest BCUT2D eigenvalue weighted by atomic mass is 32.1. The third kappa shape index (κ3) is 3.74. The van der Waals surface area contributed by atoms with Crippen molar-refractivity contribution in [3.8, 4) is 11.5 Å². The number of rotatable bonds is 5. The lowest BCUT2D eigenvalue weighted by Gasteiger charge is -2.23. The predicted octanol–water partition coefficient (Wildman–Crippen LogP) is 4.26. The third-order valence-corrected chi connectivity index (χ3v) is 7.84. The number of phenols is 1. The number of nitrogens with zero attached hydrogens (tertiary/aromatic N) is 4. The summed E-state index contributed by atoms with van der Waals surface area (Å²) in [7, 11) is 1.38. The fraction of sp³-hybridized carbons (Fsp3) is 0.222. The van der Waals surface area contributed by atoms with E-state index < -0.39 is 23.5 Å². The number of pyridine rings is 1. The molecule has 1 unspecified atom stereocenters. The number of anilines is 1. The van der Waals surface area contributed by atoms with Crippen molar-refractivity contribution in [2.75, 3.05) is 12.0 Å². The molecule has 10 nitrogen and oxygen atoms in total. The number of aromatic nitrogens is 3. The summed E-state index contributed by atoms with van der Waals surface area (Å²) in [5, 5.41) is 21.9. The first-order valence-electron chi connectivity index (χ1n) is 11.7. The molecular weight excluding hydrogens is 508 g/mol. The van der Waals surface area contributed by atoms with Crippen LogP contribution in [0.25, 0.3) is 11.4 Å². The average molecular weight is 533 g/mol. The topological polar surface area (TPSA) is 134 Å². The summed E-state index contributed by atoms with van der Waals surface area (Å²) < 4.78 is 7.05. The van der Waals surface area contributed by atoms with Gasteiger partial charge in [-0.05, 0) is 50.1 Å².